The van der Waals surface area contributed by atoms with E-state index in [1.165, 1.54) is 7.11 Å². The van der Waals surface area contributed by atoms with Crippen molar-refractivity contribution in [2.45, 2.75) is 0 Å². The Bertz CT molecular complexity index is 1570. The van der Waals surface area contributed by atoms with Crippen LogP contribution in [0.4, 0.5) is 22.7 Å². The molecule has 0 bridgehead atoms. The molecular weight excluding hydrogens is 464 g/mol. The summed E-state index contributed by atoms with van der Waals surface area (Å²) < 4.78 is 11.1. The average molecular weight is 491 g/mol. The van der Waals surface area contributed by atoms with E-state index < -0.39 is 11.4 Å². The first-order chi connectivity index (χ1) is 18.0. The van der Waals surface area contributed by atoms with Gasteiger partial charge >= 0.3 is 5.63 Å². The van der Waals surface area contributed by atoms with Gasteiger partial charge in [0.25, 0.3) is 0 Å². The molecule has 0 fully saturated rings. The lowest BCUT2D eigenvalue weighted by atomic mass is 10.0. The van der Waals surface area contributed by atoms with Gasteiger partial charge < -0.3 is 19.0 Å². The molecule has 0 N–H and O–H groups in total. The lowest BCUT2D eigenvalue weighted by molar-refractivity contribution is 0.103. The molecule has 0 aliphatic rings. The van der Waals surface area contributed by atoms with Gasteiger partial charge in [0, 0.05) is 48.5 Å². The van der Waals surface area contributed by atoms with Gasteiger partial charge in [-0.3, -0.25) is 4.79 Å². The first-order valence-electron chi connectivity index (χ1n) is 11.8. The van der Waals surface area contributed by atoms with E-state index in [0.29, 0.717) is 16.5 Å². The maximum absolute atomic E-state index is 13.5. The Hall–Kier alpha value is -4.84. The Labute approximate surface area is 215 Å². The minimum atomic E-state index is -0.732. The Kier molecular flexibility index (Phi) is 6.47. The Balaban J connectivity index is 1.55. The number of carbonyl (C=O) groups excluding carboxylic acids is 1. The highest BCUT2D eigenvalue weighted by molar-refractivity contribution is 6.13. The lowest BCUT2D eigenvalue weighted by Gasteiger charge is -2.25. The summed E-state index contributed by atoms with van der Waals surface area (Å²) in [5.41, 5.74) is 3.59. The van der Waals surface area contributed by atoms with Crippen molar-refractivity contribution in [2.24, 2.45) is 0 Å². The number of hydrogen-bond acceptors (Lipinski definition) is 6. The predicted octanol–water partition coefficient (Wildman–Crippen LogP) is 6.57. The highest BCUT2D eigenvalue weighted by atomic mass is 16.5. The van der Waals surface area contributed by atoms with Crippen molar-refractivity contribution in [1.82, 2.24) is 0 Å². The normalized spacial score (nSPS) is 10.8. The second-order valence-electron chi connectivity index (χ2n) is 8.76. The molecule has 6 heteroatoms. The van der Waals surface area contributed by atoms with Crippen molar-refractivity contribution in [2.75, 3.05) is 31.0 Å². The van der Waals surface area contributed by atoms with Crippen LogP contribution in [0.15, 0.2) is 112 Å². The topological polar surface area (TPSA) is 63.0 Å². The molecule has 1 heterocycles. The molecule has 0 saturated carbocycles. The number of fused-ring (bicyclic) bond motifs is 1. The number of rotatable bonds is 7. The minimum absolute atomic E-state index is 0.122. The van der Waals surface area contributed by atoms with Gasteiger partial charge in [0.1, 0.15) is 11.3 Å². The summed E-state index contributed by atoms with van der Waals surface area (Å²) in [5.74, 6) is -0.248. The number of anilines is 4. The second-order valence-corrected chi connectivity index (χ2v) is 8.76. The standard InChI is InChI=1S/C31H26N2O4/c1-32(2)25-18-19-26-27(20-25)37-31(35)28(30(26)36-3)29(34)21-14-16-24(17-15-21)33(22-10-6-4-7-11-22)23-12-8-5-9-13-23/h4-20H,1-3H3. The van der Waals surface area contributed by atoms with E-state index in [2.05, 4.69) is 4.90 Å². The van der Waals surface area contributed by atoms with Gasteiger partial charge in [-0.2, -0.15) is 0 Å². The van der Waals surface area contributed by atoms with Crippen molar-refractivity contribution in [3.05, 3.63) is 125 Å². The molecule has 0 amide bonds. The third kappa shape index (κ3) is 4.57. The number of methoxy groups -OCH3 is 1. The van der Waals surface area contributed by atoms with Crippen LogP contribution < -0.4 is 20.2 Å². The fourth-order valence-corrected chi connectivity index (χ4v) is 4.35. The number of carbonyl (C=O) groups is 1. The van der Waals surface area contributed by atoms with Gasteiger partial charge in [0.15, 0.2) is 5.56 Å². The van der Waals surface area contributed by atoms with Crippen molar-refractivity contribution in [3.8, 4) is 5.75 Å². The highest BCUT2D eigenvalue weighted by Gasteiger charge is 2.24. The van der Waals surface area contributed by atoms with Crippen LogP contribution in [0.1, 0.15) is 15.9 Å². The summed E-state index contributed by atoms with van der Waals surface area (Å²) in [6.45, 7) is 0. The lowest BCUT2D eigenvalue weighted by Crippen LogP contribution is -2.17. The zero-order valence-electron chi connectivity index (χ0n) is 20.8. The monoisotopic (exact) mass is 490 g/mol. The van der Waals surface area contributed by atoms with Crippen molar-refractivity contribution >= 4 is 39.5 Å². The van der Waals surface area contributed by atoms with Gasteiger partial charge in [0.05, 0.1) is 12.5 Å². The molecule has 0 spiro atoms. The molecule has 5 aromatic rings. The summed E-state index contributed by atoms with van der Waals surface area (Å²) in [6, 6.07) is 32.6. The summed E-state index contributed by atoms with van der Waals surface area (Å²) >= 11 is 0. The predicted molar refractivity (Wildman–Crippen MR) is 148 cm³/mol. The fourth-order valence-electron chi connectivity index (χ4n) is 4.35. The van der Waals surface area contributed by atoms with E-state index in [-0.39, 0.29) is 11.3 Å². The Morgan fingerprint density at radius 3 is 1.81 bits per heavy atom. The SMILES string of the molecule is COc1c(C(=O)c2ccc(N(c3ccccc3)c3ccccc3)cc2)c(=O)oc2cc(N(C)C)ccc12. The molecule has 37 heavy (non-hydrogen) atoms. The Morgan fingerprint density at radius 1 is 0.730 bits per heavy atom. The van der Waals surface area contributed by atoms with E-state index in [1.807, 2.05) is 97.9 Å². The number of ether oxygens (including phenoxy) is 1. The van der Waals surface area contributed by atoms with E-state index >= 15 is 0 Å². The van der Waals surface area contributed by atoms with Crippen LogP contribution >= 0.6 is 0 Å². The van der Waals surface area contributed by atoms with Crippen LogP contribution in [0.3, 0.4) is 0 Å². The third-order valence-corrected chi connectivity index (χ3v) is 6.21. The molecule has 0 saturated heterocycles. The summed E-state index contributed by atoms with van der Waals surface area (Å²) in [5, 5.41) is 0.562. The van der Waals surface area contributed by atoms with Crippen LogP contribution in [-0.4, -0.2) is 27.0 Å². The van der Waals surface area contributed by atoms with Crippen LogP contribution in [0.2, 0.25) is 0 Å². The summed E-state index contributed by atoms with van der Waals surface area (Å²) in [7, 11) is 5.25. The zero-order valence-corrected chi connectivity index (χ0v) is 20.8. The van der Waals surface area contributed by atoms with E-state index in [4.69, 9.17) is 9.15 Å². The molecule has 0 atom stereocenters. The molecule has 4 aromatic carbocycles. The van der Waals surface area contributed by atoms with Gasteiger partial charge in [-0.25, -0.2) is 4.79 Å². The first-order valence-corrected chi connectivity index (χ1v) is 11.8. The van der Waals surface area contributed by atoms with Crippen molar-refractivity contribution in [3.63, 3.8) is 0 Å². The summed E-state index contributed by atoms with van der Waals surface area (Å²) in [4.78, 5) is 30.5. The highest BCUT2D eigenvalue weighted by Crippen LogP contribution is 2.35. The van der Waals surface area contributed by atoms with E-state index in [0.717, 1.165) is 22.7 Å². The molecule has 0 radical (unpaired) electrons. The van der Waals surface area contributed by atoms with Crippen molar-refractivity contribution in [1.29, 1.82) is 0 Å². The third-order valence-electron chi connectivity index (χ3n) is 6.21. The maximum Gasteiger partial charge on any atom is 0.351 e. The minimum Gasteiger partial charge on any atom is -0.495 e. The van der Waals surface area contributed by atoms with Gasteiger partial charge in [-0.1, -0.05) is 36.4 Å². The average Bonchev–Trinajstić information content (AvgIpc) is 2.93. The number of para-hydroxylation sites is 2. The zero-order chi connectivity index (χ0) is 25.9. The number of nitrogens with zero attached hydrogens (tertiary/aromatic N) is 2. The van der Waals surface area contributed by atoms with E-state index in [9.17, 15) is 9.59 Å². The Morgan fingerprint density at radius 2 is 1.27 bits per heavy atom. The molecule has 0 aliphatic heterocycles. The molecule has 6 nitrogen and oxygen atoms in total. The van der Waals surface area contributed by atoms with Crippen LogP contribution in [0.5, 0.6) is 5.75 Å². The quantitative estimate of drug-likeness (QED) is 0.190. The van der Waals surface area contributed by atoms with E-state index in [1.54, 1.807) is 24.3 Å². The molecule has 0 aliphatic carbocycles. The fraction of sp³-hybridized carbons (Fsp3) is 0.0968. The molecule has 184 valence electrons. The van der Waals surface area contributed by atoms with Crippen LogP contribution in [0.25, 0.3) is 11.0 Å². The van der Waals surface area contributed by atoms with Gasteiger partial charge in [-0.15, -0.1) is 0 Å². The van der Waals surface area contributed by atoms with Gasteiger partial charge in [0.2, 0.25) is 5.78 Å². The number of benzene rings is 4. The van der Waals surface area contributed by atoms with Crippen molar-refractivity contribution < 1.29 is 13.9 Å². The molecule has 1 aromatic heterocycles. The number of ketones is 1. The largest absolute Gasteiger partial charge is 0.495 e. The first kappa shape index (κ1) is 23.9. The summed E-state index contributed by atoms with van der Waals surface area (Å²) in [6.07, 6.45) is 0. The van der Waals surface area contributed by atoms with Crippen LogP contribution in [-0.2, 0) is 0 Å². The molecule has 0 unspecified atom stereocenters. The number of hydrogen-bond donors (Lipinski definition) is 0. The maximum atomic E-state index is 13.5. The van der Waals surface area contributed by atoms with Crippen LogP contribution in [0, 0.1) is 0 Å². The smallest absolute Gasteiger partial charge is 0.351 e. The van der Waals surface area contributed by atoms with Gasteiger partial charge in [-0.05, 0) is 60.7 Å². The second kappa shape index (κ2) is 10.0. The molecular formula is C31H26N2O4. The molecule has 5 rings (SSSR count).